The summed E-state index contributed by atoms with van der Waals surface area (Å²) >= 11 is 0.585. The highest BCUT2D eigenvalue weighted by Gasteiger charge is 2.29. The van der Waals surface area contributed by atoms with Crippen molar-refractivity contribution in [3.05, 3.63) is 40.7 Å². The molecule has 1 aliphatic carbocycles. The predicted molar refractivity (Wildman–Crippen MR) is 97.8 cm³/mol. The molecule has 1 N–H and O–H groups in total. The highest BCUT2D eigenvalue weighted by molar-refractivity contribution is 7.92. The summed E-state index contributed by atoms with van der Waals surface area (Å²) in [6, 6.07) is 3.88. The van der Waals surface area contributed by atoms with Crippen LogP contribution in [-0.2, 0) is 21.2 Å². The Kier molecular flexibility index (Phi) is 5.66. The van der Waals surface area contributed by atoms with Crippen molar-refractivity contribution in [2.24, 2.45) is 0 Å². The molecule has 28 heavy (non-hydrogen) atoms. The highest BCUT2D eigenvalue weighted by Crippen LogP contribution is 2.31. The first kappa shape index (κ1) is 20.2. The Bertz CT molecular complexity index is 1030. The molecule has 1 aromatic heterocycles. The van der Waals surface area contributed by atoms with Gasteiger partial charge in [-0.25, -0.2) is 17.6 Å². The van der Waals surface area contributed by atoms with E-state index in [1.165, 1.54) is 12.1 Å². The fourth-order valence-corrected chi connectivity index (χ4v) is 4.17. The molecule has 0 bridgehead atoms. The van der Waals surface area contributed by atoms with Crippen molar-refractivity contribution in [3.8, 4) is 5.88 Å². The molecule has 11 heteroatoms. The second kappa shape index (κ2) is 7.84. The second-order valence-electron chi connectivity index (χ2n) is 6.30. The lowest BCUT2D eigenvalue weighted by molar-refractivity contribution is 0.0591. The van der Waals surface area contributed by atoms with Crippen LogP contribution in [0.1, 0.15) is 39.1 Å². The van der Waals surface area contributed by atoms with Crippen molar-refractivity contribution >= 4 is 33.2 Å². The lowest BCUT2D eigenvalue weighted by Gasteiger charge is -2.09. The van der Waals surface area contributed by atoms with Gasteiger partial charge in [-0.2, -0.15) is 4.37 Å². The molecular weight excluding hydrogens is 411 g/mol. The fourth-order valence-electron chi connectivity index (χ4n) is 2.40. The average molecular weight is 428 g/mol. The number of sulfone groups is 1. The maximum absolute atomic E-state index is 13.9. The lowest BCUT2D eigenvalue weighted by atomic mass is 10.1. The third-order valence-corrected chi connectivity index (χ3v) is 6.50. The fraction of sp³-hybridized carbons (Fsp3) is 0.353. The van der Waals surface area contributed by atoms with Gasteiger partial charge in [-0.05, 0) is 48.1 Å². The monoisotopic (exact) mass is 428 g/mol. The van der Waals surface area contributed by atoms with Gasteiger partial charge >= 0.3 is 5.97 Å². The molecular formula is C17H17FN2O6S2. The van der Waals surface area contributed by atoms with Crippen LogP contribution in [0.4, 0.5) is 4.39 Å². The molecule has 0 aliphatic heterocycles. The number of nitrogens with zero attached hydrogens (tertiary/aromatic N) is 1. The van der Waals surface area contributed by atoms with Crippen molar-refractivity contribution in [3.63, 3.8) is 0 Å². The zero-order valence-electron chi connectivity index (χ0n) is 15.0. The molecule has 8 nitrogen and oxygen atoms in total. The number of carbonyl (C=O) groups is 2. The van der Waals surface area contributed by atoms with Crippen LogP contribution in [0.15, 0.2) is 22.4 Å². The van der Waals surface area contributed by atoms with E-state index in [2.05, 4.69) is 14.4 Å². The van der Waals surface area contributed by atoms with Gasteiger partial charge in [0.2, 0.25) is 5.88 Å². The Balaban J connectivity index is 1.82. The number of methoxy groups -OCH3 is 1. The molecule has 1 fully saturated rings. The molecule has 0 saturated heterocycles. The Labute approximate surface area is 164 Å². The van der Waals surface area contributed by atoms with Gasteiger partial charge in [0.1, 0.15) is 12.4 Å². The van der Waals surface area contributed by atoms with E-state index >= 15 is 0 Å². The normalized spacial score (nSPS) is 13.8. The number of nitrogens with one attached hydrogen (secondary N) is 1. The summed E-state index contributed by atoms with van der Waals surface area (Å²) in [4.78, 5) is 24.1. The molecule has 150 valence electrons. The second-order valence-corrected chi connectivity index (χ2v) is 9.28. The maximum Gasteiger partial charge on any atom is 0.345 e. The van der Waals surface area contributed by atoms with Gasteiger partial charge in [-0.15, -0.1) is 0 Å². The van der Waals surface area contributed by atoms with Crippen molar-refractivity contribution in [1.29, 1.82) is 0 Å². The third kappa shape index (κ3) is 4.65. The van der Waals surface area contributed by atoms with Crippen LogP contribution in [-0.4, -0.2) is 44.1 Å². The number of amides is 1. The van der Waals surface area contributed by atoms with Gasteiger partial charge in [0.15, 0.2) is 19.6 Å². The molecule has 0 atom stereocenters. The number of hydrogen-bond acceptors (Lipinski definition) is 8. The first-order valence-corrected chi connectivity index (χ1v) is 10.9. The standard InChI is InChI=1S/C17H17FN2O6S2/c1-25-16(22)13-15(20-27-17(13)28(2,23)24)26-8-9-5-10(7-11(18)6-9)14(21)19-12-3-4-12/h5-7,12H,3-4,8H2,1-2H3,(H,19,21). The first-order chi connectivity index (χ1) is 13.2. The molecule has 1 amide bonds. The minimum atomic E-state index is -3.72. The lowest BCUT2D eigenvalue weighted by Crippen LogP contribution is -2.25. The van der Waals surface area contributed by atoms with E-state index < -0.39 is 21.6 Å². The van der Waals surface area contributed by atoms with E-state index in [-0.39, 0.29) is 39.8 Å². The summed E-state index contributed by atoms with van der Waals surface area (Å²) in [6.07, 6.45) is 2.74. The van der Waals surface area contributed by atoms with Gasteiger partial charge in [-0.3, -0.25) is 4.79 Å². The van der Waals surface area contributed by atoms with E-state index in [4.69, 9.17) is 4.74 Å². The summed E-state index contributed by atoms with van der Waals surface area (Å²) in [7, 11) is -2.61. The zero-order chi connectivity index (χ0) is 20.5. The van der Waals surface area contributed by atoms with Crippen molar-refractivity contribution in [2.45, 2.75) is 29.7 Å². The van der Waals surface area contributed by atoms with Crippen LogP contribution in [0.25, 0.3) is 0 Å². The molecule has 0 spiro atoms. The van der Waals surface area contributed by atoms with Gasteiger partial charge < -0.3 is 14.8 Å². The van der Waals surface area contributed by atoms with Crippen LogP contribution in [0.2, 0.25) is 0 Å². The number of hydrogen-bond donors (Lipinski definition) is 1. The van der Waals surface area contributed by atoms with Crippen LogP contribution < -0.4 is 10.1 Å². The topological polar surface area (TPSA) is 112 Å². The van der Waals surface area contributed by atoms with Gasteiger partial charge in [0.25, 0.3) is 5.91 Å². The molecule has 1 heterocycles. The maximum atomic E-state index is 13.9. The minimum Gasteiger partial charge on any atom is -0.472 e. The Morgan fingerprint density at radius 2 is 2.04 bits per heavy atom. The van der Waals surface area contributed by atoms with E-state index in [9.17, 15) is 22.4 Å². The molecule has 1 aromatic carbocycles. The number of rotatable bonds is 7. The summed E-state index contributed by atoms with van der Waals surface area (Å²) in [5.41, 5.74) is 0.164. The Morgan fingerprint density at radius 1 is 1.32 bits per heavy atom. The quantitative estimate of drug-likeness (QED) is 0.671. The Hall–Kier alpha value is -2.53. The number of ether oxygens (including phenoxy) is 2. The number of halogens is 1. The summed E-state index contributed by atoms with van der Waals surface area (Å²) in [6.45, 7) is -0.224. The van der Waals surface area contributed by atoms with Gasteiger partial charge in [-0.1, -0.05) is 0 Å². The summed E-state index contributed by atoms with van der Waals surface area (Å²) < 4.78 is 51.2. The third-order valence-electron chi connectivity index (χ3n) is 3.86. The van der Waals surface area contributed by atoms with Crippen molar-refractivity contribution < 1.29 is 31.9 Å². The molecule has 2 aromatic rings. The molecule has 0 radical (unpaired) electrons. The first-order valence-electron chi connectivity index (χ1n) is 8.20. The SMILES string of the molecule is COC(=O)c1c(OCc2cc(F)cc(C(=O)NC3CC3)c2)nsc1S(C)(=O)=O. The molecule has 0 unspecified atom stereocenters. The summed E-state index contributed by atoms with van der Waals surface area (Å²) in [5, 5.41) is 2.77. The zero-order valence-corrected chi connectivity index (χ0v) is 16.7. The van der Waals surface area contributed by atoms with E-state index in [1.54, 1.807) is 0 Å². The number of esters is 1. The number of aromatic nitrogens is 1. The predicted octanol–water partition coefficient (Wildman–Crippen LogP) is 1.94. The van der Waals surface area contributed by atoms with Crippen molar-refractivity contribution in [1.82, 2.24) is 9.69 Å². The summed E-state index contributed by atoms with van der Waals surface area (Å²) in [5.74, 6) is -2.14. The Morgan fingerprint density at radius 3 is 2.64 bits per heavy atom. The van der Waals surface area contributed by atoms with Gasteiger partial charge in [0, 0.05) is 17.9 Å². The molecule has 1 aliphatic rings. The van der Waals surface area contributed by atoms with E-state index in [1.807, 2.05) is 0 Å². The molecule has 1 saturated carbocycles. The van der Waals surface area contributed by atoms with Gasteiger partial charge in [0.05, 0.1) is 7.11 Å². The van der Waals surface area contributed by atoms with Crippen LogP contribution in [0, 0.1) is 5.82 Å². The van der Waals surface area contributed by atoms with Crippen LogP contribution >= 0.6 is 11.5 Å². The van der Waals surface area contributed by atoms with Crippen LogP contribution in [0.5, 0.6) is 5.88 Å². The van der Waals surface area contributed by atoms with Crippen molar-refractivity contribution in [2.75, 3.05) is 13.4 Å². The smallest absolute Gasteiger partial charge is 0.345 e. The number of carbonyl (C=O) groups excluding carboxylic acids is 2. The minimum absolute atomic E-state index is 0.127. The van der Waals surface area contributed by atoms with E-state index in [0.717, 1.165) is 32.3 Å². The van der Waals surface area contributed by atoms with E-state index in [0.29, 0.717) is 17.1 Å². The highest BCUT2D eigenvalue weighted by atomic mass is 32.2. The largest absolute Gasteiger partial charge is 0.472 e. The van der Waals surface area contributed by atoms with Crippen LogP contribution in [0.3, 0.4) is 0 Å². The number of benzene rings is 1. The average Bonchev–Trinajstić information content (AvgIpc) is 3.32. The molecule has 3 rings (SSSR count).